The molecular formula is C11H16N4O4. The van der Waals surface area contributed by atoms with Gasteiger partial charge in [0.1, 0.15) is 18.7 Å². The van der Waals surface area contributed by atoms with Gasteiger partial charge in [-0.1, -0.05) is 6.92 Å². The Morgan fingerprint density at radius 2 is 2.16 bits per heavy atom. The Balaban J connectivity index is 2.39. The number of carboxylic acid groups (broad SMARTS) is 1. The van der Waals surface area contributed by atoms with Crippen molar-refractivity contribution in [3.63, 3.8) is 0 Å². The minimum absolute atomic E-state index is 0.0719. The lowest BCUT2D eigenvalue weighted by Crippen LogP contribution is -2.33. The summed E-state index contributed by atoms with van der Waals surface area (Å²) in [6, 6.07) is 1.57. The average molecular weight is 268 g/mol. The lowest BCUT2D eigenvalue weighted by molar-refractivity contribution is -0.137. The number of carbonyl (C=O) groups excluding carboxylic acids is 1. The molecule has 1 rings (SSSR count). The number of amides is 1. The second kappa shape index (κ2) is 7.85. The van der Waals surface area contributed by atoms with E-state index in [2.05, 4.69) is 20.6 Å². The molecule has 0 saturated heterocycles. The van der Waals surface area contributed by atoms with Crippen molar-refractivity contribution >= 4 is 17.7 Å². The van der Waals surface area contributed by atoms with Crippen LogP contribution in [0, 0.1) is 0 Å². The number of aliphatic carboxylic acids is 1. The van der Waals surface area contributed by atoms with Crippen molar-refractivity contribution in [1.29, 1.82) is 0 Å². The Labute approximate surface area is 110 Å². The van der Waals surface area contributed by atoms with Gasteiger partial charge in [0.2, 0.25) is 11.8 Å². The predicted octanol–water partition coefficient (Wildman–Crippen LogP) is -0.122. The molecule has 8 nitrogen and oxygen atoms in total. The van der Waals surface area contributed by atoms with E-state index in [9.17, 15) is 9.59 Å². The van der Waals surface area contributed by atoms with E-state index in [0.29, 0.717) is 18.3 Å². The Hall–Kier alpha value is -2.38. The Bertz CT molecular complexity index is 438. The summed E-state index contributed by atoms with van der Waals surface area (Å²) in [5.41, 5.74) is 0. The molecule has 0 saturated carbocycles. The van der Waals surface area contributed by atoms with Crippen molar-refractivity contribution in [2.45, 2.75) is 13.3 Å². The van der Waals surface area contributed by atoms with E-state index in [1.54, 1.807) is 6.07 Å². The third kappa shape index (κ3) is 6.20. The summed E-state index contributed by atoms with van der Waals surface area (Å²) >= 11 is 0. The summed E-state index contributed by atoms with van der Waals surface area (Å²) in [5.74, 6) is -0.667. The summed E-state index contributed by atoms with van der Waals surface area (Å²) in [6.07, 6.45) is 2.19. The Kier molecular flexibility index (Phi) is 6.07. The zero-order valence-corrected chi connectivity index (χ0v) is 10.5. The highest BCUT2D eigenvalue weighted by molar-refractivity contribution is 5.84. The maximum Gasteiger partial charge on any atom is 0.322 e. The highest BCUT2D eigenvalue weighted by Crippen LogP contribution is 2.10. The molecule has 0 bridgehead atoms. The smallest absolute Gasteiger partial charge is 0.322 e. The van der Waals surface area contributed by atoms with Gasteiger partial charge < -0.3 is 20.5 Å². The molecule has 0 aliphatic rings. The van der Waals surface area contributed by atoms with E-state index in [4.69, 9.17) is 9.84 Å². The van der Waals surface area contributed by atoms with Crippen LogP contribution < -0.4 is 15.4 Å². The number of hydrogen-bond donors (Lipinski definition) is 3. The van der Waals surface area contributed by atoms with E-state index in [0.717, 1.165) is 6.42 Å². The van der Waals surface area contributed by atoms with Gasteiger partial charge in [-0.2, -0.15) is 0 Å². The van der Waals surface area contributed by atoms with Crippen molar-refractivity contribution in [2.75, 3.05) is 25.0 Å². The maximum atomic E-state index is 11.3. The minimum Gasteiger partial charge on any atom is -0.480 e. The highest BCUT2D eigenvalue weighted by Gasteiger charge is 2.05. The summed E-state index contributed by atoms with van der Waals surface area (Å²) in [4.78, 5) is 29.3. The van der Waals surface area contributed by atoms with Crippen LogP contribution in [-0.4, -0.2) is 46.6 Å². The number of nitrogens with one attached hydrogen (secondary N) is 2. The first kappa shape index (κ1) is 14.7. The SMILES string of the molecule is CCCOc1cc(NCC(=O)NCC(=O)O)ncn1. The number of nitrogens with zero attached hydrogens (tertiary/aromatic N) is 2. The maximum absolute atomic E-state index is 11.3. The molecule has 3 N–H and O–H groups in total. The number of carbonyl (C=O) groups is 2. The number of anilines is 1. The van der Waals surface area contributed by atoms with Crippen LogP contribution in [-0.2, 0) is 9.59 Å². The zero-order chi connectivity index (χ0) is 14.1. The number of aromatic nitrogens is 2. The summed E-state index contributed by atoms with van der Waals surface area (Å²) < 4.78 is 5.31. The fourth-order valence-electron chi connectivity index (χ4n) is 1.13. The standard InChI is InChI=1S/C11H16N4O4/c1-2-3-19-10-4-8(14-7-15-10)12-5-9(16)13-6-11(17)18/h4,7H,2-3,5-6H2,1H3,(H,13,16)(H,17,18)(H,12,14,15). The van der Waals surface area contributed by atoms with Gasteiger partial charge in [0.15, 0.2) is 0 Å². The quantitative estimate of drug-likeness (QED) is 0.602. The zero-order valence-electron chi connectivity index (χ0n) is 10.5. The first-order valence-electron chi connectivity index (χ1n) is 5.79. The summed E-state index contributed by atoms with van der Waals surface area (Å²) in [6.45, 7) is 2.05. The number of rotatable bonds is 8. The Morgan fingerprint density at radius 1 is 1.37 bits per heavy atom. The third-order valence-electron chi connectivity index (χ3n) is 1.96. The summed E-state index contributed by atoms with van der Waals surface area (Å²) in [5, 5.41) is 13.4. The molecule has 1 aromatic heterocycles. The topological polar surface area (TPSA) is 113 Å². The predicted molar refractivity (Wildman–Crippen MR) is 67.0 cm³/mol. The fraction of sp³-hybridized carbons (Fsp3) is 0.455. The molecule has 0 unspecified atom stereocenters. The van der Waals surface area contributed by atoms with E-state index in [1.165, 1.54) is 6.33 Å². The monoisotopic (exact) mass is 268 g/mol. The van der Waals surface area contributed by atoms with Crippen LogP contribution in [0.15, 0.2) is 12.4 Å². The van der Waals surface area contributed by atoms with Gasteiger partial charge in [0.05, 0.1) is 13.2 Å². The van der Waals surface area contributed by atoms with Gasteiger partial charge in [0.25, 0.3) is 0 Å². The van der Waals surface area contributed by atoms with Crippen LogP contribution >= 0.6 is 0 Å². The molecule has 1 aromatic rings. The highest BCUT2D eigenvalue weighted by atomic mass is 16.5. The second-order valence-electron chi connectivity index (χ2n) is 3.61. The number of hydrogen-bond acceptors (Lipinski definition) is 6. The number of ether oxygens (including phenoxy) is 1. The molecular weight excluding hydrogens is 252 g/mol. The van der Waals surface area contributed by atoms with Crippen molar-refractivity contribution in [3.8, 4) is 5.88 Å². The lowest BCUT2D eigenvalue weighted by atomic mass is 10.5. The number of carboxylic acids is 1. The van der Waals surface area contributed by atoms with Gasteiger partial charge in [0, 0.05) is 6.07 Å². The largest absolute Gasteiger partial charge is 0.480 e. The third-order valence-corrected chi connectivity index (χ3v) is 1.96. The molecule has 0 aliphatic heterocycles. The van der Waals surface area contributed by atoms with E-state index >= 15 is 0 Å². The van der Waals surface area contributed by atoms with Crippen molar-refractivity contribution in [1.82, 2.24) is 15.3 Å². The molecule has 8 heteroatoms. The first-order chi connectivity index (χ1) is 9.11. The van der Waals surface area contributed by atoms with Crippen molar-refractivity contribution in [2.24, 2.45) is 0 Å². The minimum atomic E-state index is -1.09. The molecule has 0 spiro atoms. The van der Waals surface area contributed by atoms with Crippen LogP contribution in [0.25, 0.3) is 0 Å². The molecule has 1 amide bonds. The van der Waals surface area contributed by atoms with Gasteiger partial charge in [-0.15, -0.1) is 0 Å². The van der Waals surface area contributed by atoms with Crippen LogP contribution in [0.4, 0.5) is 5.82 Å². The molecule has 104 valence electrons. The molecule has 0 fully saturated rings. The van der Waals surface area contributed by atoms with E-state index in [1.807, 2.05) is 6.92 Å². The Morgan fingerprint density at radius 3 is 2.84 bits per heavy atom. The molecule has 1 heterocycles. The van der Waals surface area contributed by atoms with Gasteiger partial charge in [-0.3, -0.25) is 9.59 Å². The molecule has 0 aromatic carbocycles. The lowest BCUT2D eigenvalue weighted by Gasteiger charge is -2.07. The molecule has 0 aliphatic carbocycles. The van der Waals surface area contributed by atoms with Crippen LogP contribution in [0.1, 0.15) is 13.3 Å². The normalized spacial score (nSPS) is 9.74. The van der Waals surface area contributed by atoms with E-state index < -0.39 is 18.4 Å². The van der Waals surface area contributed by atoms with Crippen LogP contribution in [0.2, 0.25) is 0 Å². The van der Waals surface area contributed by atoms with Gasteiger partial charge in [-0.05, 0) is 6.42 Å². The molecule has 0 atom stereocenters. The average Bonchev–Trinajstić information content (AvgIpc) is 2.41. The first-order valence-corrected chi connectivity index (χ1v) is 5.79. The van der Waals surface area contributed by atoms with Crippen molar-refractivity contribution < 1.29 is 19.4 Å². The molecule has 0 radical (unpaired) electrons. The summed E-state index contributed by atoms with van der Waals surface area (Å²) in [7, 11) is 0. The van der Waals surface area contributed by atoms with Crippen LogP contribution in [0.5, 0.6) is 5.88 Å². The van der Waals surface area contributed by atoms with Gasteiger partial charge >= 0.3 is 5.97 Å². The van der Waals surface area contributed by atoms with Crippen LogP contribution in [0.3, 0.4) is 0 Å². The second-order valence-corrected chi connectivity index (χ2v) is 3.61. The molecule has 19 heavy (non-hydrogen) atoms. The fourth-order valence-corrected chi connectivity index (χ4v) is 1.13. The van der Waals surface area contributed by atoms with Crippen molar-refractivity contribution in [3.05, 3.63) is 12.4 Å². The van der Waals surface area contributed by atoms with Gasteiger partial charge in [-0.25, -0.2) is 9.97 Å². The van der Waals surface area contributed by atoms with E-state index in [-0.39, 0.29) is 6.54 Å².